The minimum atomic E-state index is -1.22. The largest absolute Gasteiger partial charge is 0.491 e. The van der Waals surface area contributed by atoms with E-state index >= 15 is 0 Å². The van der Waals surface area contributed by atoms with Gasteiger partial charge in [0.2, 0.25) is 0 Å². The van der Waals surface area contributed by atoms with E-state index in [1.54, 1.807) is 45.0 Å². The maximum absolute atomic E-state index is 11.9. The van der Waals surface area contributed by atoms with Gasteiger partial charge in [0.1, 0.15) is 24.1 Å². The molecular weight excluding hydrogens is 354 g/mol. The monoisotopic (exact) mass is 381 g/mol. The van der Waals surface area contributed by atoms with Crippen molar-refractivity contribution in [2.24, 2.45) is 0 Å². The van der Waals surface area contributed by atoms with Crippen LogP contribution in [0.5, 0.6) is 5.75 Å². The van der Waals surface area contributed by atoms with E-state index in [9.17, 15) is 14.7 Å². The van der Waals surface area contributed by atoms with Crippen LogP contribution < -0.4 is 10.1 Å². The second-order valence-corrected chi connectivity index (χ2v) is 7.75. The zero-order valence-electron chi connectivity index (χ0n) is 16.3. The van der Waals surface area contributed by atoms with Gasteiger partial charge in [0.05, 0.1) is 6.61 Å². The molecule has 2 rings (SSSR count). The number of carboxylic acids is 1. The summed E-state index contributed by atoms with van der Waals surface area (Å²) in [6, 6.07) is 5.23. The van der Waals surface area contributed by atoms with E-state index in [4.69, 9.17) is 18.9 Å². The Labute approximate surface area is 158 Å². The molecular formula is C19H27NO7. The van der Waals surface area contributed by atoms with Crippen molar-refractivity contribution in [2.75, 3.05) is 13.2 Å². The van der Waals surface area contributed by atoms with Crippen LogP contribution in [0, 0.1) is 0 Å². The average molecular weight is 381 g/mol. The maximum atomic E-state index is 11.9. The summed E-state index contributed by atoms with van der Waals surface area (Å²) in [6.07, 6.45) is -0.962. The van der Waals surface area contributed by atoms with Crippen molar-refractivity contribution in [1.82, 2.24) is 5.32 Å². The van der Waals surface area contributed by atoms with Crippen LogP contribution in [0.1, 0.15) is 46.2 Å². The van der Waals surface area contributed by atoms with Gasteiger partial charge in [-0.2, -0.15) is 0 Å². The second kappa shape index (κ2) is 8.14. The van der Waals surface area contributed by atoms with Gasteiger partial charge in [-0.15, -0.1) is 0 Å². The normalized spacial score (nSPS) is 20.0. The van der Waals surface area contributed by atoms with E-state index in [2.05, 4.69) is 5.32 Å². The van der Waals surface area contributed by atoms with Gasteiger partial charge < -0.3 is 29.4 Å². The molecule has 0 saturated carbocycles. The Morgan fingerprint density at radius 1 is 1.30 bits per heavy atom. The Kier molecular flexibility index (Phi) is 6.33. The fourth-order valence-corrected chi connectivity index (χ4v) is 2.50. The summed E-state index contributed by atoms with van der Waals surface area (Å²) in [5.74, 6) is -1.23. The lowest BCUT2D eigenvalue weighted by atomic mass is 10.1. The van der Waals surface area contributed by atoms with Crippen molar-refractivity contribution in [3.8, 4) is 5.75 Å². The number of rotatable bonds is 6. The zero-order valence-corrected chi connectivity index (χ0v) is 16.3. The van der Waals surface area contributed by atoms with E-state index in [0.717, 1.165) is 0 Å². The maximum Gasteiger partial charge on any atom is 0.408 e. The summed E-state index contributed by atoms with van der Waals surface area (Å²) in [7, 11) is 0. The molecule has 0 aromatic heterocycles. The van der Waals surface area contributed by atoms with Crippen molar-refractivity contribution < 1.29 is 33.6 Å². The number of carbonyl (C=O) groups is 2. The Morgan fingerprint density at radius 2 is 1.93 bits per heavy atom. The van der Waals surface area contributed by atoms with Crippen LogP contribution in [-0.2, 0) is 19.0 Å². The SMILES string of the molecule is CC(C)(C)OC(=O)NC(C(=O)O)c1ccc(OCC2COC(C)(C)O2)cc1. The summed E-state index contributed by atoms with van der Waals surface area (Å²) < 4.78 is 21.9. The standard InChI is InChI=1S/C19H27NO7/c1-18(2,3)27-17(23)20-15(16(21)22)12-6-8-13(9-7-12)24-10-14-11-25-19(4,5)26-14/h6-9,14-15H,10-11H2,1-5H3,(H,20,23)(H,21,22). The summed E-state index contributed by atoms with van der Waals surface area (Å²) in [6.45, 7) is 9.56. The van der Waals surface area contributed by atoms with Crippen molar-refractivity contribution in [3.05, 3.63) is 29.8 Å². The molecule has 1 aliphatic heterocycles. The molecule has 2 unspecified atom stereocenters. The molecule has 150 valence electrons. The van der Waals surface area contributed by atoms with Gasteiger partial charge in [0, 0.05) is 0 Å². The van der Waals surface area contributed by atoms with Crippen LogP contribution in [-0.4, -0.2) is 47.9 Å². The number of benzene rings is 1. The fourth-order valence-electron chi connectivity index (χ4n) is 2.50. The molecule has 1 amide bonds. The molecule has 1 fully saturated rings. The molecule has 1 heterocycles. The van der Waals surface area contributed by atoms with E-state index in [0.29, 0.717) is 24.5 Å². The van der Waals surface area contributed by atoms with Gasteiger partial charge in [-0.1, -0.05) is 12.1 Å². The van der Waals surface area contributed by atoms with Gasteiger partial charge in [0.15, 0.2) is 11.8 Å². The minimum absolute atomic E-state index is 0.166. The summed E-state index contributed by atoms with van der Waals surface area (Å²) >= 11 is 0. The molecule has 1 aliphatic rings. The number of hydrogen-bond donors (Lipinski definition) is 2. The first-order valence-electron chi connectivity index (χ1n) is 8.72. The van der Waals surface area contributed by atoms with Crippen LogP contribution in [0.3, 0.4) is 0 Å². The fraction of sp³-hybridized carbons (Fsp3) is 0.579. The third-order valence-electron chi connectivity index (χ3n) is 3.62. The summed E-state index contributed by atoms with van der Waals surface area (Å²) in [5.41, 5.74) is -0.312. The van der Waals surface area contributed by atoms with Gasteiger partial charge >= 0.3 is 12.1 Å². The molecule has 1 saturated heterocycles. The number of carbonyl (C=O) groups excluding carboxylic acids is 1. The van der Waals surface area contributed by atoms with Crippen molar-refractivity contribution in [1.29, 1.82) is 0 Å². The first kappa shape index (κ1) is 21.0. The third-order valence-corrected chi connectivity index (χ3v) is 3.62. The quantitative estimate of drug-likeness (QED) is 0.781. The predicted octanol–water partition coefficient (Wildman–Crippen LogP) is 2.87. The van der Waals surface area contributed by atoms with E-state index < -0.39 is 29.5 Å². The average Bonchev–Trinajstić information content (AvgIpc) is 2.88. The second-order valence-electron chi connectivity index (χ2n) is 7.75. The number of ether oxygens (including phenoxy) is 4. The third kappa shape index (κ3) is 6.73. The van der Waals surface area contributed by atoms with Gasteiger partial charge in [-0.05, 0) is 52.3 Å². The molecule has 2 atom stereocenters. The molecule has 27 heavy (non-hydrogen) atoms. The van der Waals surface area contributed by atoms with E-state index in [-0.39, 0.29) is 6.10 Å². The highest BCUT2D eigenvalue weighted by Gasteiger charge is 2.33. The topological polar surface area (TPSA) is 103 Å². The Balaban J connectivity index is 1.94. The molecule has 0 aliphatic carbocycles. The van der Waals surface area contributed by atoms with Crippen molar-refractivity contribution in [3.63, 3.8) is 0 Å². The molecule has 8 heteroatoms. The molecule has 0 spiro atoms. The van der Waals surface area contributed by atoms with Crippen molar-refractivity contribution in [2.45, 2.75) is 58.2 Å². The lowest BCUT2D eigenvalue weighted by molar-refractivity contribution is -0.141. The first-order chi connectivity index (χ1) is 12.5. The number of carboxylic acid groups (broad SMARTS) is 1. The Bertz CT molecular complexity index is 664. The lowest BCUT2D eigenvalue weighted by Gasteiger charge is -2.22. The van der Waals surface area contributed by atoms with Gasteiger partial charge in [-0.3, -0.25) is 0 Å². The number of hydrogen-bond acceptors (Lipinski definition) is 6. The van der Waals surface area contributed by atoms with Crippen LogP contribution in [0.4, 0.5) is 4.79 Å². The molecule has 0 bridgehead atoms. The van der Waals surface area contributed by atoms with Crippen molar-refractivity contribution >= 4 is 12.1 Å². The van der Waals surface area contributed by atoms with Gasteiger partial charge in [0.25, 0.3) is 0 Å². The number of alkyl carbamates (subject to hydrolysis) is 1. The number of nitrogens with one attached hydrogen (secondary N) is 1. The van der Waals surface area contributed by atoms with Gasteiger partial charge in [-0.25, -0.2) is 9.59 Å². The predicted molar refractivity (Wildman–Crippen MR) is 96.6 cm³/mol. The van der Waals surface area contributed by atoms with Crippen LogP contribution in [0.25, 0.3) is 0 Å². The zero-order chi connectivity index (χ0) is 20.2. The highest BCUT2D eigenvalue weighted by atomic mass is 16.7. The Morgan fingerprint density at radius 3 is 2.41 bits per heavy atom. The molecule has 1 aromatic rings. The highest BCUT2D eigenvalue weighted by molar-refractivity contribution is 5.81. The Hall–Kier alpha value is -2.32. The minimum Gasteiger partial charge on any atom is -0.491 e. The summed E-state index contributed by atoms with van der Waals surface area (Å²) in [4.78, 5) is 23.4. The molecule has 0 radical (unpaired) electrons. The first-order valence-corrected chi connectivity index (χ1v) is 8.72. The lowest BCUT2D eigenvalue weighted by Crippen LogP contribution is -2.38. The highest BCUT2D eigenvalue weighted by Crippen LogP contribution is 2.24. The van der Waals surface area contributed by atoms with Crippen LogP contribution in [0.2, 0.25) is 0 Å². The smallest absolute Gasteiger partial charge is 0.408 e. The van der Waals surface area contributed by atoms with Crippen LogP contribution >= 0.6 is 0 Å². The molecule has 2 N–H and O–H groups in total. The number of aliphatic carboxylic acids is 1. The molecule has 1 aromatic carbocycles. The molecule has 8 nitrogen and oxygen atoms in total. The summed E-state index contributed by atoms with van der Waals surface area (Å²) in [5, 5.41) is 11.8. The van der Waals surface area contributed by atoms with Crippen LogP contribution in [0.15, 0.2) is 24.3 Å². The number of amides is 1. The van der Waals surface area contributed by atoms with E-state index in [1.165, 1.54) is 0 Å². The van der Waals surface area contributed by atoms with E-state index in [1.807, 2.05) is 13.8 Å².